The number of aliphatic hydroxyl groups is 5. The number of ketones is 1. The molecule has 2 saturated carbocycles. The molecule has 180 valence electrons. The van der Waals surface area contributed by atoms with Crippen LogP contribution in [0.3, 0.4) is 0 Å². The average Bonchev–Trinajstić information content (AvgIpc) is 2.66. The number of ether oxygens (including phenoxy) is 2. The smallest absolute Gasteiger partial charge is 0.303 e. The van der Waals surface area contributed by atoms with Crippen LogP contribution in [0, 0.1) is 105 Å². The van der Waals surface area contributed by atoms with Gasteiger partial charge in [-0.05, 0) is 25.0 Å². The number of hydrogen-bond acceptors (Lipinski definition) is 9. The van der Waals surface area contributed by atoms with Gasteiger partial charge in [0.15, 0.2) is 5.78 Å². The summed E-state index contributed by atoms with van der Waals surface area (Å²) in [5.41, 5.74) is -6.17. The quantitative estimate of drug-likeness (QED) is 0.169. The van der Waals surface area contributed by atoms with Crippen molar-refractivity contribution < 1.29 is 133 Å². The second kappa shape index (κ2) is 9.68. The molecule has 33 heavy (non-hydrogen) atoms. The van der Waals surface area contributed by atoms with E-state index in [0.29, 0.717) is 5.57 Å². The van der Waals surface area contributed by atoms with Crippen LogP contribution >= 0.6 is 0 Å². The zero-order chi connectivity index (χ0) is 23.3. The maximum Gasteiger partial charge on any atom is 0.303 e. The molecule has 2 bridgehead atoms. The first-order chi connectivity index (χ1) is 14.1. The summed E-state index contributed by atoms with van der Waals surface area (Å²) >= 11 is 0. The number of Topliss-reactive ketones (excluding diaryl/α,β-unsaturated/α-hetero) is 1. The minimum Gasteiger partial charge on any atom is -0.459 e. The monoisotopic (exact) mass is 894 g/mol. The average molecular weight is 894 g/mol. The molecule has 0 aromatic heterocycles. The van der Waals surface area contributed by atoms with Crippen LogP contribution < -0.4 is 0 Å². The van der Waals surface area contributed by atoms with Crippen molar-refractivity contribution in [2.24, 2.45) is 16.7 Å². The Morgan fingerprint density at radius 3 is 2.18 bits per heavy atom. The van der Waals surface area contributed by atoms with Crippen LogP contribution in [-0.2, 0) is 19.1 Å². The number of fused-ring (bicyclic) bond motifs is 5. The van der Waals surface area contributed by atoms with Crippen molar-refractivity contribution in [3.8, 4) is 0 Å². The van der Waals surface area contributed by atoms with Crippen LogP contribution in [0.2, 0.25) is 0 Å². The number of carbonyl (C=O) groups excluding carboxylic acids is 2. The summed E-state index contributed by atoms with van der Waals surface area (Å²) < 4.78 is 11.1. The molecule has 0 aromatic carbocycles. The zero-order valence-corrected chi connectivity index (χ0v) is 29.1. The fourth-order valence-electron chi connectivity index (χ4n) is 6.69. The van der Waals surface area contributed by atoms with Crippen molar-refractivity contribution in [2.75, 3.05) is 6.61 Å². The summed E-state index contributed by atoms with van der Waals surface area (Å²) in [5, 5.41) is 56.7. The van der Waals surface area contributed by atoms with Gasteiger partial charge in [0.1, 0.15) is 23.4 Å². The molecule has 9 atom stereocenters. The van der Waals surface area contributed by atoms with Gasteiger partial charge in [-0.25, -0.2) is 0 Å². The van der Waals surface area contributed by atoms with Gasteiger partial charge in [0.05, 0.1) is 30.3 Å². The summed E-state index contributed by atoms with van der Waals surface area (Å²) in [7, 11) is 0. The Labute approximate surface area is 264 Å². The predicted molar refractivity (Wildman–Crippen MR) is 106 cm³/mol. The molecule has 4 rings (SSSR count). The first-order valence-electron chi connectivity index (χ1n) is 10.7. The second-order valence-electron chi connectivity index (χ2n) is 10.5. The molecule has 0 spiro atoms. The largest absolute Gasteiger partial charge is 0.459 e. The molecule has 5 N–H and O–H groups in total. The molecule has 1 aliphatic heterocycles. The maximum atomic E-state index is 13.8. The van der Waals surface area contributed by atoms with Gasteiger partial charge in [-0.1, -0.05) is 13.8 Å². The zero-order valence-electron chi connectivity index (χ0n) is 19.6. The summed E-state index contributed by atoms with van der Waals surface area (Å²) in [6.45, 7) is 7.23. The van der Waals surface area contributed by atoms with Crippen molar-refractivity contribution in [1.29, 1.82) is 0 Å². The van der Waals surface area contributed by atoms with Crippen LogP contribution in [0.1, 0.15) is 47.5 Å². The standard InChI is InChI=1S/C22H32O9.2Ac/c1-9-11(24)7-22(29)18(31-10(2)23)16-20(5,12(25)6-13-21(16,28)8-30-13)17(27)15(26)14(9)19(22,3)4;;/h11-13,15-16,18,24-26,28-29H,6-8H2,1-5H3;;/t11-,12-,13+,15+,16?,18-,20+,21-,22+;;/m0../s1. The minimum atomic E-state index is -1.95. The van der Waals surface area contributed by atoms with Gasteiger partial charge < -0.3 is 35.0 Å². The van der Waals surface area contributed by atoms with E-state index in [2.05, 4.69) is 0 Å². The van der Waals surface area contributed by atoms with Crippen molar-refractivity contribution in [2.45, 2.75) is 89.2 Å². The van der Waals surface area contributed by atoms with Crippen LogP contribution in [0.5, 0.6) is 0 Å². The van der Waals surface area contributed by atoms with E-state index in [4.69, 9.17) is 9.47 Å². The summed E-state index contributed by atoms with van der Waals surface area (Å²) in [6.07, 6.45) is -6.80. The Kier molecular flexibility index (Phi) is 9.02. The molecule has 4 aliphatic rings. The Bertz CT molecular complexity index is 876. The van der Waals surface area contributed by atoms with Gasteiger partial charge in [-0.15, -0.1) is 0 Å². The third kappa shape index (κ3) is 3.98. The molecule has 0 amide bonds. The van der Waals surface area contributed by atoms with Crippen molar-refractivity contribution in [3.05, 3.63) is 11.1 Å². The van der Waals surface area contributed by atoms with E-state index in [-0.39, 0.29) is 113 Å². The molecule has 1 saturated heterocycles. The first-order valence-corrected chi connectivity index (χ1v) is 10.7. The van der Waals surface area contributed by atoms with Crippen LogP contribution in [0.4, 0.5) is 0 Å². The first kappa shape index (κ1) is 30.7. The molecule has 3 aliphatic carbocycles. The van der Waals surface area contributed by atoms with E-state index < -0.39 is 70.2 Å². The summed E-state index contributed by atoms with van der Waals surface area (Å²) in [4.78, 5) is 25.9. The Morgan fingerprint density at radius 1 is 1.12 bits per heavy atom. The van der Waals surface area contributed by atoms with E-state index in [1.54, 1.807) is 20.8 Å². The van der Waals surface area contributed by atoms with E-state index in [1.165, 1.54) is 6.92 Å². The normalized spacial score (nSPS) is 48.0. The molecule has 2 radical (unpaired) electrons. The number of aliphatic hydroxyl groups excluding tert-OH is 3. The summed E-state index contributed by atoms with van der Waals surface area (Å²) in [6, 6.07) is 0. The third-order valence-electron chi connectivity index (χ3n) is 8.69. The Morgan fingerprint density at radius 2 is 1.70 bits per heavy atom. The van der Waals surface area contributed by atoms with E-state index in [0.717, 1.165) is 6.92 Å². The molecular weight excluding hydrogens is 862 g/mol. The Balaban J connectivity index is 0.00000193. The van der Waals surface area contributed by atoms with E-state index in [1.807, 2.05) is 0 Å². The minimum absolute atomic E-state index is 0. The van der Waals surface area contributed by atoms with Crippen molar-refractivity contribution in [3.63, 3.8) is 0 Å². The van der Waals surface area contributed by atoms with Gasteiger partial charge in [0.25, 0.3) is 0 Å². The van der Waals surface area contributed by atoms with E-state index >= 15 is 0 Å². The van der Waals surface area contributed by atoms with Crippen LogP contribution in [0.25, 0.3) is 0 Å². The Hall–Kier alpha value is 1.52. The maximum absolute atomic E-state index is 13.8. The topological polar surface area (TPSA) is 154 Å². The predicted octanol–water partition coefficient (Wildman–Crippen LogP) is -0.783. The SMILES string of the molecule is CC(=O)O[C@H]1C2[C@]3(O)CO[C@@H]3C[C@H](O)[C@@]2(C)C(=O)[C@H](O)C2=C(C)[C@@H](O)C[C@]1(O)C2(C)C.[Ac].[Ac]. The van der Waals surface area contributed by atoms with Gasteiger partial charge in [-0.2, -0.15) is 0 Å². The number of esters is 1. The second-order valence-corrected chi connectivity index (χ2v) is 10.5. The molecule has 3 fully saturated rings. The van der Waals surface area contributed by atoms with Gasteiger partial charge >= 0.3 is 5.97 Å². The molecule has 1 heterocycles. The van der Waals surface area contributed by atoms with Crippen molar-refractivity contribution >= 4 is 11.8 Å². The van der Waals surface area contributed by atoms with Gasteiger partial charge in [0, 0.05) is 119 Å². The molecule has 1 unspecified atom stereocenters. The molecule has 11 heteroatoms. The number of hydrogen-bond donors (Lipinski definition) is 5. The summed E-state index contributed by atoms with van der Waals surface area (Å²) in [5.74, 6) is -2.77. The number of rotatable bonds is 1. The fraction of sp³-hybridized carbons (Fsp3) is 0.818. The fourth-order valence-corrected chi connectivity index (χ4v) is 6.69. The number of carbonyl (C=O) groups is 2. The molecular formula is C22H32Ac2O9. The molecule has 0 aromatic rings. The van der Waals surface area contributed by atoms with Gasteiger partial charge in [0.2, 0.25) is 0 Å². The van der Waals surface area contributed by atoms with E-state index in [9.17, 15) is 35.1 Å². The van der Waals surface area contributed by atoms with Crippen molar-refractivity contribution in [1.82, 2.24) is 0 Å². The van der Waals surface area contributed by atoms with Crippen LogP contribution in [0.15, 0.2) is 11.1 Å². The van der Waals surface area contributed by atoms with Gasteiger partial charge in [-0.3, -0.25) is 9.59 Å². The molecule has 9 nitrogen and oxygen atoms in total. The third-order valence-corrected chi connectivity index (χ3v) is 8.69. The van der Waals surface area contributed by atoms with Crippen LogP contribution in [-0.4, -0.2) is 85.6 Å².